The lowest BCUT2D eigenvalue weighted by atomic mass is 10.0. The molecule has 0 spiro atoms. The van der Waals surface area contributed by atoms with E-state index in [2.05, 4.69) is 0 Å². The molecule has 4 heteroatoms. The number of nitrogen functional groups attached to an aromatic ring is 1. The zero-order valence-electron chi connectivity index (χ0n) is 7.94. The van der Waals surface area contributed by atoms with Gasteiger partial charge in [0.25, 0.3) is 5.91 Å². The SMILES string of the molecule is NC(=O)c1c(-c2ccccc2)csc1N. The molecule has 1 aromatic heterocycles. The van der Waals surface area contributed by atoms with E-state index < -0.39 is 5.91 Å². The molecular formula is C11H10N2OS. The second-order valence-electron chi connectivity index (χ2n) is 3.12. The van der Waals surface area contributed by atoms with Gasteiger partial charge >= 0.3 is 0 Å². The van der Waals surface area contributed by atoms with Crippen LogP contribution in [0.15, 0.2) is 35.7 Å². The van der Waals surface area contributed by atoms with E-state index in [1.54, 1.807) is 0 Å². The summed E-state index contributed by atoms with van der Waals surface area (Å²) in [6.45, 7) is 0. The van der Waals surface area contributed by atoms with Crippen LogP contribution in [-0.4, -0.2) is 5.91 Å². The molecular weight excluding hydrogens is 208 g/mol. The van der Waals surface area contributed by atoms with Gasteiger partial charge in [0, 0.05) is 10.9 Å². The average molecular weight is 218 g/mol. The van der Waals surface area contributed by atoms with Crippen LogP contribution in [-0.2, 0) is 0 Å². The van der Waals surface area contributed by atoms with Crippen molar-refractivity contribution < 1.29 is 4.79 Å². The van der Waals surface area contributed by atoms with Crippen molar-refractivity contribution in [3.63, 3.8) is 0 Å². The third-order valence-electron chi connectivity index (χ3n) is 2.15. The number of primary amides is 1. The molecule has 0 unspecified atom stereocenters. The predicted molar refractivity (Wildman–Crippen MR) is 62.7 cm³/mol. The molecule has 0 atom stereocenters. The van der Waals surface area contributed by atoms with Gasteiger partial charge in [-0.1, -0.05) is 30.3 Å². The Morgan fingerprint density at radius 1 is 1.20 bits per heavy atom. The average Bonchev–Trinajstić information content (AvgIpc) is 2.61. The van der Waals surface area contributed by atoms with Crippen LogP contribution in [0.1, 0.15) is 10.4 Å². The van der Waals surface area contributed by atoms with Gasteiger partial charge in [0.15, 0.2) is 0 Å². The molecule has 2 rings (SSSR count). The monoisotopic (exact) mass is 218 g/mol. The number of amides is 1. The summed E-state index contributed by atoms with van der Waals surface area (Å²) in [6.07, 6.45) is 0. The minimum Gasteiger partial charge on any atom is -0.390 e. The zero-order chi connectivity index (χ0) is 10.8. The van der Waals surface area contributed by atoms with Gasteiger partial charge in [-0.15, -0.1) is 11.3 Å². The third-order valence-corrected chi connectivity index (χ3v) is 2.96. The van der Waals surface area contributed by atoms with E-state index in [1.165, 1.54) is 11.3 Å². The minimum atomic E-state index is -0.479. The van der Waals surface area contributed by atoms with E-state index in [0.29, 0.717) is 10.6 Å². The summed E-state index contributed by atoms with van der Waals surface area (Å²) in [5, 5.41) is 2.33. The highest BCUT2D eigenvalue weighted by atomic mass is 32.1. The number of nitrogens with two attached hydrogens (primary N) is 2. The lowest BCUT2D eigenvalue weighted by Crippen LogP contribution is -2.12. The number of rotatable bonds is 2. The van der Waals surface area contributed by atoms with Gasteiger partial charge in [0.2, 0.25) is 0 Å². The molecule has 15 heavy (non-hydrogen) atoms. The van der Waals surface area contributed by atoms with Crippen molar-refractivity contribution in [2.75, 3.05) is 5.73 Å². The van der Waals surface area contributed by atoms with Crippen molar-refractivity contribution in [2.45, 2.75) is 0 Å². The molecule has 4 N–H and O–H groups in total. The Hall–Kier alpha value is -1.81. The fraction of sp³-hybridized carbons (Fsp3) is 0. The summed E-state index contributed by atoms with van der Waals surface area (Å²) in [5.41, 5.74) is 13.2. The number of thiophene rings is 1. The topological polar surface area (TPSA) is 69.1 Å². The summed E-state index contributed by atoms with van der Waals surface area (Å²) in [4.78, 5) is 11.2. The van der Waals surface area contributed by atoms with Crippen molar-refractivity contribution in [1.29, 1.82) is 0 Å². The summed E-state index contributed by atoms with van der Waals surface area (Å²) < 4.78 is 0. The minimum absolute atomic E-state index is 0.422. The largest absolute Gasteiger partial charge is 0.390 e. The molecule has 2 aromatic rings. The maximum Gasteiger partial charge on any atom is 0.252 e. The number of carbonyl (C=O) groups excluding carboxylic acids is 1. The first-order valence-corrected chi connectivity index (χ1v) is 5.30. The van der Waals surface area contributed by atoms with Crippen molar-refractivity contribution >= 4 is 22.2 Å². The van der Waals surface area contributed by atoms with Crippen molar-refractivity contribution in [1.82, 2.24) is 0 Å². The number of anilines is 1. The van der Waals surface area contributed by atoms with E-state index in [4.69, 9.17) is 11.5 Å². The molecule has 1 heterocycles. The Kier molecular flexibility index (Phi) is 2.43. The number of hydrogen-bond donors (Lipinski definition) is 2. The van der Waals surface area contributed by atoms with Gasteiger partial charge in [0.05, 0.1) is 10.6 Å². The normalized spacial score (nSPS) is 10.1. The van der Waals surface area contributed by atoms with Crippen molar-refractivity contribution in [2.24, 2.45) is 5.73 Å². The van der Waals surface area contributed by atoms with Crippen LogP contribution in [0.2, 0.25) is 0 Å². The third kappa shape index (κ3) is 1.71. The van der Waals surface area contributed by atoms with Crippen LogP contribution >= 0.6 is 11.3 Å². The highest BCUT2D eigenvalue weighted by Crippen LogP contribution is 2.32. The first kappa shape index (κ1) is 9.73. The first-order chi connectivity index (χ1) is 7.20. The van der Waals surface area contributed by atoms with Crippen LogP contribution in [0.4, 0.5) is 5.00 Å². The molecule has 0 fully saturated rings. The van der Waals surface area contributed by atoms with Crippen LogP contribution < -0.4 is 11.5 Å². The number of hydrogen-bond acceptors (Lipinski definition) is 3. The fourth-order valence-electron chi connectivity index (χ4n) is 1.46. The van der Waals surface area contributed by atoms with Gasteiger partial charge < -0.3 is 11.5 Å². The predicted octanol–water partition coefficient (Wildman–Crippen LogP) is 2.10. The number of benzene rings is 1. The van der Waals surface area contributed by atoms with Crippen molar-refractivity contribution in [3.8, 4) is 11.1 Å². The van der Waals surface area contributed by atoms with E-state index in [0.717, 1.165) is 11.1 Å². The highest BCUT2D eigenvalue weighted by Gasteiger charge is 2.15. The smallest absolute Gasteiger partial charge is 0.252 e. The van der Waals surface area contributed by atoms with Crippen LogP contribution in [0.5, 0.6) is 0 Å². The van der Waals surface area contributed by atoms with Gasteiger partial charge in [-0.2, -0.15) is 0 Å². The van der Waals surface area contributed by atoms with Crippen LogP contribution in [0.25, 0.3) is 11.1 Å². The molecule has 0 saturated carbocycles. The van der Waals surface area contributed by atoms with E-state index in [-0.39, 0.29) is 0 Å². The quantitative estimate of drug-likeness (QED) is 0.810. The zero-order valence-corrected chi connectivity index (χ0v) is 8.75. The summed E-state index contributed by atoms with van der Waals surface area (Å²) in [6, 6.07) is 9.59. The maximum absolute atomic E-state index is 11.2. The van der Waals surface area contributed by atoms with Gasteiger partial charge in [0.1, 0.15) is 0 Å². The van der Waals surface area contributed by atoms with Crippen LogP contribution in [0.3, 0.4) is 0 Å². The molecule has 0 aliphatic rings. The Morgan fingerprint density at radius 3 is 2.47 bits per heavy atom. The molecule has 76 valence electrons. The maximum atomic E-state index is 11.2. The summed E-state index contributed by atoms with van der Waals surface area (Å²) in [5.74, 6) is -0.479. The number of carbonyl (C=O) groups is 1. The molecule has 3 nitrogen and oxygen atoms in total. The Bertz CT molecular complexity index is 491. The van der Waals surface area contributed by atoms with E-state index >= 15 is 0 Å². The molecule has 0 aliphatic carbocycles. The van der Waals surface area contributed by atoms with Crippen LogP contribution in [0, 0.1) is 0 Å². The molecule has 1 amide bonds. The summed E-state index contributed by atoms with van der Waals surface area (Å²) in [7, 11) is 0. The van der Waals surface area contributed by atoms with Gasteiger partial charge in [-0.3, -0.25) is 4.79 Å². The van der Waals surface area contributed by atoms with E-state index in [1.807, 2.05) is 35.7 Å². The fourth-order valence-corrected chi connectivity index (χ4v) is 2.28. The first-order valence-electron chi connectivity index (χ1n) is 4.42. The summed E-state index contributed by atoms with van der Waals surface area (Å²) >= 11 is 1.33. The van der Waals surface area contributed by atoms with E-state index in [9.17, 15) is 4.79 Å². The molecule has 0 aliphatic heterocycles. The second kappa shape index (κ2) is 3.74. The molecule has 0 radical (unpaired) electrons. The van der Waals surface area contributed by atoms with Gasteiger partial charge in [-0.05, 0) is 5.56 Å². The molecule has 0 saturated heterocycles. The van der Waals surface area contributed by atoms with Crippen molar-refractivity contribution in [3.05, 3.63) is 41.3 Å². The standard InChI is InChI=1S/C11H10N2OS/c12-10(14)9-8(6-15-11(9)13)7-4-2-1-3-5-7/h1-6H,13H2,(H2,12,14). The Balaban J connectivity index is 2.59. The Labute approximate surface area is 91.3 Å². The highest BCUT2D eigenvalue weighted by molar-refractivity contribution is 7.15. The van der Waals surface area contributed by atoms with Gasteiger partial charge in [-0.25, -0.2) is 0 Å². The lowest BCUT2D eigenvalue weighted by Gasteiger charge is -2.01. The second-order valence-corrected chi connectivity index (χ2v) is 4.03. The molecule has 1 aromatic carbocycles. The lowest BCUT2D eigenvalue weighted by molar-refractivity contribution is 0.100. The Morgan fingerprint density at radius 2 is 1.87 bits per heavy atom. The molecule has 0 bridgehead atoms.